The summed E-state index contributed by atoms with van der Waals surface area (Å²) >= 11 is 1.60. The topological polar surface area (TPSA) is 25.8 Å². The molecule has 0 radical (unpaired) electrons. The Morgan fingerprint density at radius 2 is 1.20 bits per heavy atom. The fourth-order valence-electron chi connectivity index (χ4n) is 2.65. The molecule has 2 nitrogen and oxygen atoms in total. The first-order valence-electron chi connectivity index (χ1n) is 9.06. The lowest BCUT2D eigenvalue weighted by Gasteiger charge is -2.69. The van der Waals surface area contributed by atoms with E-state index in [1.165, 1.54) is 46.4 Å². The molecule has 0 aromatic carbocycles. The lowest BCUT2D eigenvalue weighted by Crippen LogP contribution is -2.31. The van der Waals surface area contributed by atoms with E-state index in [1.807, 2.05) is 10.8 Å². The Morgan fingerprint density at radius 1 is 0.760 bits per heavy atom. The van der Waals surface area contributed by atoms with Crippen LogP contribution in [0.15, 0.2) is 9.24 Å². The van der Waals surface area contributed by atoms with Crippen LogP contribution in [0.1, 0.15) is 39.5 Å². The molecule has 0 N–H and O–H groups in total. The molecule has 0 aliphatic heterocycles. The van der Waals surface area contributed by atoms with Gasteiger partial charge in [-0.3, -0.25) is 0 Å². The standard InChI is InChI=1S/C18H42N2S5/c1-11-13-15-24(3,4,5,6)22-17-18(21-20-19-17)23-25(7,8,9,10)16-14-12-2/h11-16H2,1-10H3. The van der Waals surface area contributed by atoms with E-state index in [1.54, 1.807) is 11.5 Å². The number of unbranched alkanes of at least 4 members (excludes halogenated alkanes) is 2. The van der Waals surface area contributed by atoms with E-state index in [2.05, 4.69) is 84.3 Å². The number of rotatable bonds is 10. The molecule has 0 bridgehead atoms. The highest BCUT2D eigenvalue weighted by Gasteiger charge is 2.47. The Hall–Kier alpha value is 0.960. The Kier molecular flexibility index (Phi) is 5.98. The van der Waals surface area contributed by atoms with Gasteiger partial charge in [-0.05, 0) is 85.9 Å². The molecule has 0 aliphatic carbocycles. The monoisotopic (exact) mass is 446 g/mol. The van der Waals surface area contributed by atoms with Crippen LogP contribution in [0.5, 0.6) is 0 Å². The van der Waals surface area contributed by atoms with E-state index in [4.69, 9.17) is 0 Å². The van der Waals surface area contributed by atoms with E-state index in [9.17, 15) is 0 Å². The van der Waals surface area contributed by atoms with Gasteiger partial charge in [0.05, 0.1) is 0 Å². The van der Waals surface area contributed by atoms with Gasteiger partial charge in [0.2, 0.25) is 0 Å². The maximum absolute atomic E-state index is 4.59. The molecule has 1 rings (SSSR count). The predicted molar refractivity (Wildman–Crippen MR) is 134 cm³/mol. The van der Waals surface area contributed by atoms with Gasteiger partial charge in [0.25, 0.3) is 0 Å². The molecule has 0 spiro atoms. The Morgan fingerprint density at radius 3 is 1.64 bits per heavy atom. The van der Waals surface area contributed by atoms with Crippen LogP contribution in [0.4, 0.5) is 0 Å². The summed E-state index contributed by atoms with van der Waals surface area (Å²) in [5.74, 6) is 2.57. The maximum Gasteiger partial charge on any atom is 0.154 e. The van der Waals surface area contributed by atoms with Gasteiger partial charge in [-0.25, -0.2) is 14.7 Å². The van der Waals surface area contributed by atoms with Gasteiger partial charge in [0, 0.05) is 0 Å². The third-order valence-electron chi connectivity index (χ3n) is 4.16. The minimum Gasteiger partial charge on any atom is -0.242 e. The summed E-state index contributed by atoms with van der Waals surface area (Å²) < 4.78 is 5.70. The maximum atomic E-state index is 4.59. The van der Waals surface area contributed by atoms with Crippen LogP contribution in [-0.2, 0) is 0 Å². The van der Waals surface area contributed by atoms with Crippen molar-refractivity contribution < 1.29 is 0 Å². The number of aromatic nitrogens is 2. The summed E-state index contributed by atoms with van der Waals surface area (Å²) in [5.41, 5.74) is 0. The second-order valence-electron chi connectivity index (χ2n) is 11.9. The van der Waals surface area contributed by atoms with Crippen LogP contribution < -0.4 is 0 Å². The van der Waals surface area contributed by atoms with Crippen LogP contribution >= 0.6 is 47.8 Å². The van der Waals surface area contributed by atoms with Crippen LogP contribution in [0.3, 0.4) is 0 Å². The van der Waals surface area contributed by atoms with Crippen molar-refractivity contribution in [1.29, 1.82) is 0 Å². The second kappa shape index (κ2) is 6.23. The van der Waals surface area contributed by atoms with Crippen molar-refractivity contribution >= 4 is 47.8 Å². The average Bonchev–Trinajstić information content (AvgIpc) is 2.77. The van der Waals surface area contributed by atoms with Crippen molar-refractivity contribution in [3.63, 3.8) is 0 Å². The lowest BCUT2D eigenvalue weighted by atomic mass is 10.4. The second-order valence-corrected chi connectivity index (χ2v) is 42.9. The molecule has 0 saturated carbocycles. The normalized spacial score (nSPS) is 19.0. The smallest absolute Gasteiger partial charge is 0.154 e. The number of hydrogen-bond acceptors (Lipinski definition) is 5. The van der Waals surface area contributed by atoms with Gasteiger partial charge >= 0.3 is 0 Å². The van der Waals surface area contributed by atoms with Gasteiger partial charge in [0.1, 0.15) is 4.21 Å². The summed E-state index contributed by atoms with van der Waals surface area (Å²) in [4.78, 5) is 0. The molecule has 0 unspecified atom stereocenters. The van der Waals surface area contributed by atoms with Gasteiger partial charge < -0.3 is 0 Å². The molecular formula is C18H42N2S5. The highest BCUT2D eigenvalue weighted by molar-refractivity contribution is 9.13. The first-order chi connectivity index (χ1) is 10.8. The van der Waals surface area contributed by atoms with Gasteiger partial charge in [-0.2, -0.15) is 0 Å². The zero-order valence-electron chi connectivity index (χ0n) is 18.2. The molecular weight excluding hydrogens is 405 g/mol. The van der Waals surface area contributed by atoms with Crippen LogP contribution in [0.2, 0.25) is 0 Å². The van der Waals surface area contributed by atoms with Crippen molar-refractivity contribution in [3.05, 3.63) is 0 Å². The molecule has 0 aliphatic rings. The van der Waals surface area contributed by atoms with E-state index in [0.29, 0.717) is 0 Å². The summed E-state index contributed by atoms with van der Waals surface area (Å²) in [7, 11) is -0.263. The Balaban J connectivity index is 3.17. The highest BCUT2D eigenvalue weighted by Crippen LogP contribution is 2.92. The molecule has 0 fully saturated rings. The fraction of sp³-hybridized carbons (Fsp3) is 0.889. The first-order valence-corrected chi connectivity index (χ1v) is 21.0. The van der Waals surface area contributed by atoms with Crippen molar-refractivity contribution in [2.24, 2.45) is 0 Å². The molecule has 0 saturated heterocycles. The first kappa shape index (κ1) is 24.0. The summed E-state index contributed by atoms with van der Waals surface area (Å²) in [6, 6.07) is 0. The Labute approximate surface area is 166 Å². The van der Waals surface area contributed by atoms with E-state index in [-0.39, 0.29) is 0 Å². The largest absolute Gasteiger partial charge is 0.242 e. The third-order valence-corrected chi connectivity index (χ3v) is 19.0. The zero-order chi connectivity index (χ0) is 19.7. The molecule has 1 heterocycles. The van der Waals surface area contributed by atoms with Crippen molar-refractivity contribution in [1.82, 2.24) is 9.59 Å². The van der Waals surface area contributed by atoms with E-state index >= 15 is 0 Å². The summed E-state index contributed by atoms with van der Waals surface area (Å²) in [6.07, 6.45) is 25.1. The van der Waals surface area contributed by atoms with Crippen molar-refractivity contribution in [3.8, 4) is 0 Å². The van der Waals surface area contributed by atoms with Gasteiger partial charge in [0.15, 0.2) is 5.03 Å². The lowest BCUT2D eigenvalue weighted by molar-refractivity contribution is 0.888. The average molecular weight is 447 g/mol. The summed E-state index contributed by atoms with van der Waals surface area (Å²) in [5, 5.41) is 5.76. The summed E-state index contributed by atoms with van der Waals surface area (Å²) in [6.45, 7) is 4.57. The van der Waals surface area contributed by atoms with Crippen molar-refractivity contribution in [2.45, 2.75) is 48.8 Å². The molecule has 25 heavy (non-hydrogen) atoms. The molecule has 1 aromatic heterocycles. The van der Waals surface area contributed by atoms with E-state index < -0.39 is 14.7 Å². The van der Waals surface area contributed by atoms with Gasteiger partial charge in [-0.15, -0.1) is 5.10 Å². The fourth-order valence-corrected chi connectivity index (χ4v) is 18.5. The molecule has 0 amide bonds. The molecule has 0 atom stereocenters. The molecule has 7 heteroatoms. The van der Waals surface area contributed by atoms with Crippen molar-refractivity contribution in [2.75, 3.05) is 61.6 Å². The van der Waals surface area contributed by atoms with Crippen LogP contribution in [0, 0.1) is 0 Å². The zero-order valence-corrected chi connectivity index (χ0v) is 22.3. The van der Waals surface area contributed by atoms with Gasteiger partial charge in [-0.1, -0.05) is 52.8 Å². The van der Waals surface area contributed by atoms with Crippen LogP contribution in [0.25, 0.3) is 0 Å². The van der Waals surface area contributed by atoms with E-state index in [0.717, 1.165) is 0 Å². The molecule has 154 valence electrons. The predicted octanol–water partition coefficient (Wildman–Crippen LogP) is 6.94. The number of nitrogens with zero attached hydrogens (tertiary/aromatic N) is 2. The third kappa shape index (κ3) is 8.67. The highest BCUT2D eigenvalue weighted by atomic mass is 33.2. The SMILES string of the molecule is CCCCS(C)(C)(C)(C)Sc1nnsc1SS(C)(C)(C)(C)CCCC. The number of hydrogen-bond donors (Lipinski definition) is 0. The Bertz CT molecular complexity index is 563. The molecule has 1 aromatic rings. The quantitative estimate of drug-likeness (QED) is 0.363. The van der Waals surface area contributed by atoms with Crippen LogP contribution in [-0.4, -0.2) is 71.1 Å². The minimum absolute atomic E-state index is 1.18. The minimum atomic E-state index is -2.21.